The summed E-state index contributed by atoms with van der Waals surface area (Å²) in [7, 11) is -1.27. The van der Waals surface area contributed by atoms with Gasteiger partial charge in [-0.25, -0.2) is 0 Å². The number of ether oxygens (including phenoxy) is 2. The Morgan fingerprint density at radius 2 is 2.03 bits per heavy atom. The van der Waals surface area contributed by atoms with E-state index in [1.54, 1.807) is 18.4 Å². The third-order valence-corrected chi connectivity index (χ3v) is 4.95. The Kier molecular flexibility index (Phi) is 6.47. The number of aliphatic hydroxyl groups excluding tert-OH is 1. The Bertz CT molecular complexity index is 1070. The fraction of sp³-hybridized carbons (Fsp3) is 0.389. The summed E-state index contributed by atoms with van der Waals surface area (Å²) in [5.74, 6) is 0.125. The predicted octanol–water partition coefficient (Wildman–Crippen LogP) is 1.74. The van der Waals surface area contributed by atoms with E-state index in [-0.39, 0.29) is 31.1 Å². The number of rotatable bonds is 9. The summed E-state index contributed by atoms with van der Waals surface area (Å²) in [6, 6.07) is 7.69. The van der Waals surface area contributed by atoms with Crippen molar-refractivity contribution in [1.29, 1.82) is 0 Å². The van der Waals surface area contributed by atoms with Crippen molar-refractivity contribution in [3.05, 3.63) is 35.4 Å². The van der Waals surface area contributed by atoms with Gasteiger partial charge in [-0.15, -0.1) is 9.42 Å². The zero-order valence-corrected chi connectivity index (χ0v) is 17.7. The average Bonchev–Trinajstić information content (AvgIpc) is 3.04. The number of anilines is 1. The van der Waals surface area contributed by atoms with Crippen LogP contribution in [0.3, 0.4) is 0 Å². The van der Waals surface area contributed by atoms with Gasteiger partial charge in [-0.2, -0.15) is 15.0 Å². The highest BCUT2D eigenvalue weighted by Gasteiger charge is 2.33. The first-order valence-corrected chi connectivity index (χ1v) is 10.1. The molecule has 4 N–H and O–H groups in total. The summed E-state index contributed by atoms with van der Waals surface area (Å²) >= 11 is 0. The molecule has 0 aliphatic carbocycles. The van der Waals surface area contributed by atoms with Gasteiger partial charge in [-0.05, 0) is 25.0 Å². The quantitative estimate of drug-likeness (QED) is 0.422. The van der Waals surface area contributed by atoms with Crippen molar-refractivity contribution in [2.45, 2.75) is 26.0 Å². The molecule has 0 saturated heterocycles. The Labute approximate surface area is 173 Å². The minimum Gasteiger partial charge on any atom is -0.468 e. The van der Waals surface area contributed by atoms with Crippen LogP contribution in [-0.2, 0) is 21.2 Å². The fourth-order valence-electron chi connectivity index (χ4n) is 2.96. The summed E-state index contributed by atoms with van der Waals surface area (Å²) < 4.78 is 28.7. The molecule has 0 aliphatic rings. The lowest BCUT2D eigenvalue weighted by molar-refractivity contribution is 0.102. The van der Waals surface area contributed by atoms with Gasteiger partial charge in [0.2, 0.25) is 0 Å². The van der Waals surface area contributed by atoms with Crippen molar-refractivity contribution in [3.63, 3.8) is 0 Å². The Balaban J connectivity index is 2.02. The van der Waals surface area contributed by atoms with Gasteiger partial charge >= 0.3 is 14.3 Å². The lowest BCUT2D eigenvalue weighted by atomic mass is 9.96. The van der Waals surface area contributed by atoms with Gasteiger partial charge in [0, 0.05) is 4.57 Å². The molecule has 3 aromatic rings. The number of hydrogen-bond donors (Lipinski definition) is 3. The van der Waals surface area contributed by atoms with E-state index in [1.807, 2.05) is 24.3 Å². The van der Waals surface area contributed by atoms with Gasteiger partial charge < -0.3 is 20.3 Å². The van der Waals surface area contributed by atoms with Crippen molar-refractivity contribution in [2.75, 3.05) is 26.1 Å². The van der Waals surface area contributed by atoms with Crippen molar-refractivity contribution >= 4 is 25.2 Å². The number of hydrogen-bond acceptors (Lipinski definition) is 9. The molecule has 0 bridgehead atoms. The summed E-state index contributed by atoms with van der Waals surface area (Å²) in [6.07, 6.45) is 0. The Hall–Kier alpha value is -2.85. The second-order valence-electron chi connectivity index (χ2n) is 6.86. The topological polar surface area (TPSA) is 155 Å². The zero-order valence-electron chi connectivity index (χ0n) is 16.8. The molecular weight excluding hydrogens is 413 g/mol. The monoisotopic (exact) mass is 436 g/mol. The highest BCUT2D eigenvalue weighted by Crippen LogP contribution is 2.35. The fourth-order valence-corrected chi connectivity index (χ4v) is 3.45. The first kappa shape index (κ1) is 21.8. The van der Waals surface area contributed by atoms with E-state index in [2.05, 4.69) is 15.0 Å². The van der Waals surface area contributed by atoms with Crippen molar-refractivity contribution < 1.29 is 28.6 Å². The second-order valence-corrected chi connectivity index (χ2v) is 7.52. The van der Waals surface area contributed by atoms with E-state index in [0.29, 0.717) is 17.7 Å². The van der Waals surface area contributed by atoms with Crippen LogP contribution >= 0.6 is 8.25 Å². The van der Waals surface area contributed by atoms with Crippen LogP contribution in [-0.4, -0.2) is 49.8 Å². The van der Waals surface area contributed by atoms with Gasteiger partial charge in [0.05, 0.1) is 20.3 Å². The first-order chi connectivity index (χ1) is 14.2. The third-order valence-electron chi connectivity index (χ3n) is 4.34. The number of benzene rings is 1. The maximum absolute atomic E-state index is 11.1. The number of nitrogens with two attached hydrogens (primary N) is 1. The van der Waals surface area contributed by atoms with E-state index >= 15 is 0 Å². The standard InChI is InChI=1S/C18H22N5O6P/c1-18(2,29-30(25)26)12-6-4-5-11(9-12)10-23-15-13(20-17(23)27-3)14(19)21-16(22-15)28-8-7-24/h4-6,9,24H,7-8,10H2,1-3H3,(H2-,19,21,22,25,26)/p+1. The van der Waals surface area contributed by atoms with Gasteiger partial charge in [-0.3, -0.25) is 4.57 Å². The Morgan fingerprint density at radius 3 is 2.70 bits per heavy atom. The van der Waals surface area contributed by atoms with Crippen LogP contribution in [0.4, 0.5) is 5.82 Å². The molecule has 0 fully saturated rings. The zero-order chi connectivity index (χ0) is 21.9. The maximum atomic E-state index is 11.1. The first-order valence-electron chi connectivity index (χ1n) is 9.01. The van der Waals surface area contributed by atoms with Gasteiger partial charge in [0.15, 0.2) is 17.0 Å². The molecule has 12 heteroatoms. The van der Waals surface area contributed by atoms with E-state index in [4.69, 9.17) is 29.7 Å². The lowest BCUT2D eigenvalue weighted by Crippen LogP contribution is -2.18. The van der Waals surface area contributed by atoms with Crippen LogP contribution in [0.1, 0.15) is 25.0 Å². The molecule has 0 saturated carbocycles. The average molecular weight is 436 g/mol. The second kappa shape index (κ2) is 8.88. The normalized spacial score (nSPS) is 12.2. The largest absolute Gasteiger partial charge is 0.695 e. The number of imidazole rings is 1. The molecule has 0 radical (unpaired) electrons. The molecule has 11 nitrogen and oxygen atoms in total. The van der Waals surface area contributed by atoms with Crippen molar-refractivity contribution in [2.24, 2.45) is 0 Å². The number of aliphatic hydroxyl groups is 1. The summed E-state index contributed by atoms with van der Waals surface area (Å²) in [4.78, 5) is 21.9. The van der Waals surface area contributed by atoms with Crippen LogP contribution < -0.4 is 15.2 Å². The van der Waals surface area contributed by atoms with Crippen molar-refractivity contribution in [1.82, 2.24) is 19.5 Å². The van der Waals surface area contributed by atoms with Gasteiger partial charge in [0.1, 0.15) is 12.2 Å². The van der Waals surface area contributed by atoms with Crippen molar-refractivity contribution in [3.8, 4) is 12.0 Å². The smallest absolute Gasteiger partial charge is 0.468 e. The lowest BCUT2D eigenvalue weighted by Gasteiger charge is -2.18. The SMILES string of the molecule is COc1nc2c(N)nc(OCCO)nc2n1Cc1cccc(C(C)(C)O[P+](=O)O)c1. The number of nitrogens with zero attached hydrogens (tertiary/aromatic N) is 4. The number of aromatic nitrogens is 4. The van der Waals surface area contributed by atoms with Crippen LogP contribution in [0.2, 0.25) is 0 Å². The van der Waals surface area contributed by atoms with Crippen LogP contribution in [0.25, 0.3) is 11.2 Å². The van der Waals surface area contributed by atoms with E-state index in [1.165, 1.54) is 7.11 Å². The minimum atomic E-state index is -2.75. The molecule has 1 aromatic carbocycles. The number of fused-ring (bicyclic) bond motifs is 1. The molecule has 2 aromatic heterocycles. The molecule has 30 heavy (non-hydrogen) atoms. The van der Waals surface area contributed by atoms with E-state index < -0.39 is 13.9 Å². The molecule has 1 atom stereocenters. The molecule has 0 aliphatic heterocycles. The van der Waals surface area contributed by atoms with E-state index in [0.717, 1.165) is 11.1 Å². The molecule has 0 amide bonds. The van der Waals surface area contributed by atoms with E-state index in [9.17, 15) is 4.57 Å². The molecule has 3 rings (SSSR count). The van der Waals surface area contributed by atoms with Crippen LogP contribution in [0, 0.1) is 0 Å². The predicted molar refractivity (Wildman–Crippen MR) is 108 cm³/mol. The molecule has 1 unspecified atom stereocenters. The highest BCUT2D eigenvalue weighted by atomic mass is 31.1. The van der Waals surface area contributed by atoms with Crippen LogP contribution in [0.15, 0.2) is 24.3 Å². The Morgan fingerprint density at radius 1 is 1.27 bits per heavy atom. The maximum Gasteiger partial charge on any atom is 0.695 e. The third kappa shape index (κ3) is 4.65. The molecule has 160 valence electrons. The molecular formula is C18H23N5O6P+. The minimum absolute atomic E-state index is 0.0212. The number of nitrogen functional groups attached to an aromatic ring is 1. The number of methoxy groups -OCH3 is 1. The molecule has 0 spiro atoms. The summed E-state index contributed by atoms with van der Waals surface area (Å²) in [6.45, 7) is 3.59. The summed E-state index contributed by atoms with van der Waals surface area (Å²) in [5, 5.41) is 8.95. The summed E-state index contributed by atoms with van der Waals surface area (Å²) in [5.41, 5.74) is 7.38. The highest BCUT2D eigenvalue weighted by molar-refractivity contribution is 7.32. The van der Waals surface area contributed by atoms with Gasteiger partial charge in [0.25, 0.3) is 6.01 Å². The molecule has 2 heterocycles. The van der Waals surface area contributed by atoms with Gasteiger partial charge in [-0.1, -0.05) is 24.3 Å². The van der Waals surface area contributed by atoms with Crippen LogP contribution in [0.5, 0.6) is 12.0 Å².